The van der Waals surface area contributed by atoms with Crippen LogP contribution in [0.5, 0.6) is 0 Å². The molecule has 0 aromatic heterocycles. The van der Waals surface area contributed by atoms with Crippen LogP contribution >= 0.6 is 0 Å². The number of anilines is 1. The average Bonchev–Trinajstić information content (AvgIpc) is 2.19. The van der Waals surface area contributed by atoms with E-state index in [4.69, 9.17) is 0 Å². The lowest BCUT2D eigenvalue weighted by molar-refractivity contribution is -0.121. The third-order valence-corrected chi connectivity index (χ3v) is 2.04. The Labute approximate surface area is 89.5 Å². The number of benzene rings is 1. The van der Waals surface area contributed by atoms with Gasteiger partial charge >= 0.3 is 0 Å². The van der Waals surface area contributed by atoms with Crippen molar-refractivity contribution in [3.63, 3.8) is 0 Å². The van der Waals surface area contributed by atoms with Gasteiger partial charge in [0.25, 0.3) is 0 Å². The zero-order chi connectivity index (χ0) is 11.3. The van der Waals surface area contributed by atoms with E-state index in [1.807, 2.05) is 31.2 Å². The molecule has 1 N–H and O–H groups in total. The standard InChI is InChI=1S/C12H15NO2/c1-9-3-6-11(7-4-9)13-12(15)8-5-10(2)14/h3-4,6-7H,5,8H2,1-2H3,(H,13,15). The number of Topliss-reactive ketones (excluding diaryl/α,β-unsaturated/α-hetero) is 1. The number of carbonyl (C=O) groups is 2. The first-order chi connectivity index (χ1) is 7.08. The smallest absolute Gasteiger partial charge is 0.224 e. The number of hydrogen-bond donors (Lipinski definition) is 1. The summed E-state index contributed by atoms with van der Waals surface area (Å²) in [6.45, 7) is 3.47. The molecule has 0 bridgehead atoms. The molecule has 0 aliphatic heterocycles. The molecule has 0 heterocycles. The Morgan fingerprint density at radius 2 is 1.73 bits per heavy atom. The first-order valence-corrected chi connectivity index (χ1v) is 4.94. The van der Waals surface area contributed by atoms with Crippen LogP contribution in [0, 0.1) is 6.92 Å². The van der Waals surface area contributed by atoms with Crippen molar-refractivity contribution in [3.8, 4) is 0 Å². The van der Waals surface area contributed by atoms with Crippen LogP contribution in [0.15, 0.2) is 24.3 Å². The molecule has 0 aliphatic rings. The largest absolute Gasteiger partial charge is 0.326 e. The second-order valence-corrected chi connectivity index (χ2v) is 3.62. The molecular formula is C12H15NO2. The number of hydrogen-bond acceptors (Lipinski definition) is 2. The number of nitrogens with one attached hydrogen (secondary N) is 1. The van der Waals surface area contributed by atoms with E-state index in [9.17, 15) is 9.59 Å². The van der Waals surface area contributed by atoms with Crippen LogP contribution in [0.4, 0.5) is 5.69 Å². The van der Waals surface area contributed by atoms with Crippen molar-refractivity contribution in [2.45, 2.75) is 26.7 Å². The van der Waals surface area contributed by atoms with Crippen molar-refractivity contribution in [1.82, 2.24) is 0 Å². The van der Waals surface area contributed by atoms with E-state index in [-0.39, 0.29) is 18.1 Å². The monoisotopic (exact) mass is 205 g/mol. The van der Waals surface area contributed by atoms with E-state index < -0.39 is 0 Å². The minimum atomic E-state index is -0.117. The fourth-order valence-electron chi connectivity index (χ4n) is 1.15. The fraction of sp³-hybridized carbons (Fsp3) is 0.333. The summed E-state index contributed by atoms with van der Waals surface area (Å²) in [5.74, 6) is -0.0805. The van der Waals surface area contributed by atoms with E-state index in [2.05, 4.69) is 5.32 Å². The molecule has 1 aromatic rings. The first-order valence-electron chi connectivity index (χ1n) is 4.94. The summed E-state index contributed by atoms with van der Waals surface area (Å²) in [7, 11) is 0. The number of aryl methyl sites for hydroxylation is 1. The summed E-state index contributed by atoms with van der Waals surface area (Å²) in [5.41, 5.74) is 1.92. The van der Waals surface area contributed by atoms with Crippen molar-refractivity contribution in [2.24, 2.45) is 0 Å². The lowest BCUT2D eigenvalue weighted by atomic mass is 10.2. The molecule has 0 atom stereocenters. The van der Waals surface area contributed by atoms with E-state index in [0.717, 1.165) is 11.3 Å². The molecule has 3 heteroatoms. The quantitative estimate of drug-likeness (QED) is 0.819. The summed E-state index contributed by atoms with van der Waals surface area (Å²) in [6.07, 6.45) is 0.556. The molecule has 0 aliphatic carbocycles. The van der Waals surface area contributed by atoms with Gasteiger partial charge in [0.05, 0.1) is 0 Å². The van der Waals surface area contributed by atoms with Gasteiger partial charge in [0.15, 0.2) is 0 Å². The maximum absolute atomic E-state index is 11.3. The molecular weight excluding hydrogens is 190 g/mol. The van der Waals surface area contributed by atoms with Gasteiger partial charge in [-0.1, -0.05) is 17.7 Å². The van der Waals surface area contributed by atoms with E-state index in [1.165, 1.54) is 6.92 Å². The van der Waals surface area contributed by atoms with Crippen LogP contribution in [0.25, 0.3) is 0 Å². The molecule has 0 fully saturated rings. The zero-order valence-corrected chi connectivity index (χ0v) is 9.04. The van der Waals surface area contributed by atoms with Crippen molar-refractivity contribution in [2.75, 3.05) is 5.32 Å². The van der Waals surface area contributed by atoms with Gasteiger partial charge in [-0.25, -0.2) is 0 Å². The first kappa shape index (κ1) is 11.4. The lowest BCUT2D eigenvalue weighted by Crippen LogP contribution is -2.12. The van der Waals surface area contributed by atoms with Crippen LogP contribution in [0.2, 0.25) is 0 Å². The van der Waals surface area contributed by atoms with Gasteiger partial charge < -0.3 is 10.1 Å². The van der Waals surface area contributed by atoms with Gasteiger partial charge in [-0.3, -0.25) is 4.79 Å². The highest BCUT2D eigenvalue weighted by atomic mass is 16.2. The Hall–Kier alpha value is -1.64. The van der Waals surface area contributed by atoms with Crippen LogP contribution < -0.4 is 5.32 Å². The van der Waals surface area contributed by atoms with Crippen molar-refractivity contribution < 1.29 is 9.59 Å². The fourth-order valence-corrected chi connectivity index (χ4v) is 1.15. The summed E-state index contributed by atoms with van der Waals surface area (Å²) in [4.78, 5) is 22.0. The van der Waals surface area contributed by atoms with E-state index in [1.54, 1.807) is 0 Å². The highest BCUT2D eigenvalue weighted by Crippen LogP contribution is 2.09. The Morgan fingerprint density at radius 1 is 1.13 bits per heavy atom. The lowest BCUT2D eigenvalue weighted by Gasteiger charge is -2.04. The normalized spacial score (nSPS) is 9.73. The van der Waals surface area contributed by atoms with Gasteiger partial charge in [-0.05, 0) is 26.0 Å². The Kier molecular flexibility index (Phi) is 4.03. The SMILES string of the molecule is CC(=O)CCC(=O)Nc1ccc(C)cc1. The highest BCUT2D eigenvalue weighted by Gasteiger charge is 2.03. The van der Waals surface area contributed by atoms with Gasteiger partial charge in [0, 0.05) is 18.5 Å². The number of rotatable bonds is 4. The third kappa shape index (κ3) is 4.40. The average molecular weight is 205 g/mol. The summed E-state index contributed by atoms with van der Waals surface area (Å²) in [5, 5.41) is 2.73. The predicted octanol–water partition coefficient (Wildman–Crippen LogP) is 2.30. The van der Waals surface area contributed by atoms with E-state index >= 15 is 0 Å². The molecule has 3 nitrogen and oxygen atoms in total. The summed E-state index contributed by atoms with van der Waals surface area (Å²) in [6, 6.07) is 7.56. The molecule has 1 aromatic carbocycles. The maximum atomic E-state index is 11.3. The summed E-state index contributed by atoms with van der Waals surface area (Å²) < 4.78 is 0. The minimum absolute atomic E-state index is 0.0362. The third-order valence-electron chi connectivity index (χ3n) is 2.04. The maximum Gasteiger partial charge on any atom is 0.224 e. The zero-order valence-electron chi connectivity index (χ0n) is 9.04. The molecule has 0 radical (unpaired) electrons. The van der Waals surface area contributed by atoms with Gasteiger partial charge in [0.2, 0.25) is 5.91 Å². The van der Waals surface area contributed by atoms with Crippen molar-refractivity contribution >= 4 is 17.4 Å². The Morgan fingerprint density at radius 3 is 2.27 bits per heavy atom. The second kappa shape index (κ2) is 5.29. The molecule has 1 rings (SSSR count). The van der Waals surface area contributed by atoms with Crippen LogP contribution in [0.3, 0.4) is 0 Å². The van der Waals surface area contributed by atoms with Gasteiger partial charge in [-0.15, -0.1) is 0 Å². The molecule has 0 spiro atoms. The van der Waals surface area contributed by atoms with Crippen LogP contribution in [0.1, 0.15) is 25.3 Å². The minimum Gasteiger partial charge on any atom is -0.326 e. The second-order valence-electron chi connectivity index (χ2n) is 3.62. The Bertz CT molecular complexity index is 354. The molecule has 80 valence electrons. The van der Waals surface area contributed by atoms with Gasteiger partial charge in [0.1, 0.15) is 5.78 Å². The molecule has 0 saturated heterocycles. The van der Waals surface area contributed by atoms with E-state index in [0.29, 0.717) is 6.42 Å². The molecule has 15 heavy (non-hydrogen) atoms. The predicted molar refractivity (Wildman–Crippen MR) is 59.7 cm³/mol. The van der Waals surface area contributed by atoms with Gasteiger partial charge in [-0.2, -0.15) is 0 Å². The molecule has 0 unspecified atom stereocenters. The van der Waals surface area contributed by atoms with Crippen molar-refractivity contribution in [3.05, 3.63) is 29.8 Å². The molecule has 1 amide bonds. The molecule has 0 saturated carbocycles. The highest BCUT2D eigenvalue weighted by molar-refractivity contribution is 5.93. The number of amides is 1. The van der Waals surface area contributed by atoms with Crippen molar-refractivity contribution in [1.29, 1.82) is 0 Å². The number of carbonyl (C=O) groups excluding carboxylic acids is 2. The van der Waals surface area contributed by atoms with Crippen LogP contribution in [-0.4, -0.2) is 11.7 Å². The topological polar surface area (TPSA) is 46.2 Å². The van der Waals surface area contributed by atoms with Crippen LogP contribution in [-0.2, 0) is 9.59 Å². The summed E-state index contributed by atoms with van der Waals surface area (Å²) >= 11 is 0. The number of ketones is 1. The Balaban J connectivity index is 2.44.